The van der Waals surface area contributed by atoms with Gasteiger partial charge in [0.25, 0.3) is 5.91 Å². The number of benzene rings is 1. The van der Waals surface area contributed by atoms with Gasteiger partial charge in [-0.25, -0.2) is 9.78 Å². The van der Waals surface area contributed by atoms with Crippen LogP contribution >= 0.6 is 11.6 Å². The predicted octanol–water partition coefficient (Wildman–Crippen LogP) is 3.82. The maximum absolute atomic E-state index is 12.8. The van der Waals surface area contributed by atoms with Gasteiger partial charge in [0.15, 0.2) is 11.4 Å². The Labute approximate surface area is 203 Å². The van der Waals surface area contributed by atoms with Crippen LogP contribution in [-0.2, 0) is 14.3 Å². The van der Waals surface area contributed by atoms with E-state index in [1.165, 1.54) is 33.2 Å². The third-order valence-electron chi connectivity index (χ3n) is 4.76. The predicted molar refractivity (Wildman–Crippen MR) is 125 cm³/mol. The summed E-state index contributed by atoms with van der Waals surface area (Å²) in [6.07, 6.45) is 0.269. The van der Waals surface area contributed by atoms with Gasteiger partial charge in [-0.3, -0.25) is 9.59 Å². The Morgan fingerprint density at radius 3 is 2.24 bits per heavy atom. The molecular weight excluding hydrogens is 464 g/mol. The van der Waals surface area contributed by atoms with Gasteiger partial charge in [0.05, 0.1) is 7.11 Å². The average Bonchev–Trinajstić information content (AvgIpc) is 2.77. The molecule has 0 fully saturated rings. The van der Waals surface area contributed by atoms with Gasteiger partial charge in [-0.1, -0.05) is 25.4 Å². The molecule has 1 aromatic carbocycles. The molecule has 0 aliphatic rings. The van der Waals surface area contributed by atoms with Crippen molar-refractivity contribution in [2.75, 3.05) is 7.11 Å². The molecule has 0 unspecified atom stereocenters. The minimum atomic E-state index is -1.02. The highest BCUT2D eigenvalue weighted by Gasteiger charge is 2.30. The smallest absolute Gasteiger partial charge is 0.328 e. The monoisotopic (exact) mass is 492 g/mol. The van der Waals surface area contributed by atoms with Gasteiger partial charge in [0.1, 0.15) is 24.0 Å². The van der Waals surface area contributed by atoms with Crippen molar-refractivity contribution >= 4 is 29.4 Å². The Morgan fingerprint density at radius 1 is 1.03 bits per heavy atom. The van der Waals surface area contributed by atoms with Crippen molar-refractivity contribution in [3.05, 3.63) is 47.2 Å². The van der Waals surface area contributed by atoms with Crippen molar-refractivity contribution in [1.29, 1.82) is 0 Å². The van der Waals surface area contributed by atoms with Gasteiger partial charge in [0, 0.05) is 24.2 Å². The summed E-state index contributed by atoms with van der Waals surface area (Å²) in [5, 5.41) is 3.10. The molecule has 184 valence electrons. The van der Waals surface area contributed by atoms with E-state index in [1.54, 1.807) is 31.2 Å². The van der Waals surface area contributed by atoms with E-state index < -0.39 is 36.1 Å². The van der Waals surface area contributed by atoms with Crippen LogP contribution in [0.4, 0.5) is 0 Å². The van der Waals surface area contributed by atoms with Crippen molar-refractivity contribution in [2.45, 2.75) is 52.9 Å². The summed E-state index contributed by atoms with van der Waals surface area (Å²) in [5.74, 6) is -1.42. The molecule has 0 spiro atoms. The highest BCUT2D eigenvalue weighted by molar-refractivity contribution is 6.30. The number of hydrogen-bond acceptors (Lipinski definition) is 8. The number of ether oxygens (including phenoxy) is 4. The number of pyridine rings is 1. The largest absolute Gasteiger partial charge is 0.493 e. The molecular formula is C24H29ClN2O7. The third-order valence-corrected chi connectivity index (χ3v) is 5.01. The first-order chi connectivity index (χ1) is 16.0. The van der Waals surface area contributed by atoms with Crippen LogP contribution in [0.5, 0.6) is 17.2 Å². The number of carbonyl (C=O) groups excluding carboxylic acids is 3. The number of aromatic nitrogens is 1. The molecule has 0 saturated heterocycles. The standard InChI is InChI=1S/C24H29ClN2O7/c1-13(2)21(34-18-9-7-17(25)8-10-18)15(4)32-24(30)14(3)27-23(29)20-22(33-16(5)28)19(31-6)11-12-26-20/h7-15,21H,1-6H3,(H,27,29)/t14-,15-,21+/m0/s1. The number of nitrogens with one attached hydrogen (secondary N) is 1. The molecule has 0 radical (unpaired) electrons. The van der Waals surface area contributed by atoms with Crippen molar-refractivity contribution in [3.63, 3.8) is 0 Å². The summed E-state index contributed by atoms with van der Waals surface area (Å²) in [6, 6.07) is 7.31. The number of methoxy groups -OCH3 is 1. The van der Waals surface area contributed by atoms with Crippen LogP contribution in [0.1, 0.15) is 45.1 Å². The lowest BCUT2D eigenvalue weighted by atomic mass is 10.0. The quantitative estimate of drug-likeness (QED) is 0.498. The fraction of sp³-hybridized carbons (Fsp3) is 0.417. The normalized spacial score (nSPS) is 13.4. The molecule has 1 N–H and O–H groups in total. The van der Waals surface area contributed by atoms with Crippen LogP contribution in [0.25, 0.3) is 0 Å². The summed E-state index contributed by atoms with van der Waals surface area (Å²) in [4.78, 5) is 40.9. The van der Waals surface area contributed by atoms with E-state index in [0.717, 1.165) is 0 Å². The van der Waals surface area contributed by atoms with Gasteiger partial charge in [-0.15, -0.1) is 0 Å². The molecule has 0 saturated carbocycles. The van der Waals surface area contributed by atoms with Crippen molar-refractivity contribution in [1.82, 2.24) is 10.3 Å². The minimum Gasteiger partial charge on any atom is -0.493 e. The average molecular weight is 493 g/mol. The highest BCUT2D eigenvalue weighted by atomic mass is 35.5. The van der Waals surface area contributed by atoms with E-state index in [1.807, 2.05) is 13.8 Å². The lowest BCUT2D eigenvalue weighted by Gasteiger charge is -2.29. The van der Waals surface area contributed by atoms with Gasteiger partial charge < -0.3 is 24.3 Å². The first-order valence-electron chi connectivity index (χ1n) is 10.7. The lowest BCUT2D eigenvalue weighted by molar-refractivity contribution is -0.155. The molecule has 0 aliphatic carbocycles. The van der Waals surface area contributed by atoms with Gasteiger partial charge >= 0.3 is 11.9 Å². The SMILES string of the molecule is COc1ccnc(C(=O)N[C@@H](C)C(=O)O[C@@H](C)[C@H](Oc2ccc(Cl)cc2)C(C)C)c1OC(C)=O. The minimum absolute atomic E-state index is 0.0237. The van der Waals surface area contributed by atoms with E-state index in [2.05, 4.69) is 10.3 Å². The summed E-state index contributed by atoms with van der Waals surface area (Å²) >= 11 is 5.92. The van der Waals surface area contributed by atoms with Crippen LogP contribution in [0.2, 0.25) is 5.02 Å². The highest BCUT2D eigenvalue weighted by Crippen LogP contribution is 2.29. The number of amides is 1. The molecule has 9 nitrogen and oxygen atoms in total. The Hall–Kier alpha value is -3.33. The number of rotatable bonds is 10. The Kier molecular flexibility index (Phi) is 9.68. The topological polar surface area (TPSA) is 113 Å². The van der Waals surface area contributed by atoms with E-state index >= 15 is 0 Å². The Balaban J connectivity index is 2.08. The molecule has 34 heavy (non-hydrogen) atoms. The maximum atomic E-state index is 12.8. The zero-order valence-corrected chi connectivity index (χ0v) is 20.7. The van der Waals surface area contributed by atoms with Crippen LogP contribution in [0.15, 0.2) is 36.5 Å². The zero-order valence-electron chi connectivity index (χ0n) is 20.0. The molecule has 2 aromatic rings. The molecule has 2 rings (SSSR count). The summed E-state index contributed by atoms with van der Waals surface area (Å²) in [7, 11) is 1.36. The van der Waals surface area contributed by atoms with Gasteiger partial charge in [-0.2, -0.15) is 0 Å². The molecule has 1 heterocycles. The van der Waals surface area contributed by atoms with E-state index in [0.29, 0.717) is 10.8 Å². The number of nitrogens with zero attached hydrogens (tertiary/aromatic N) is 1. The molecule has 10 heteroatoms. The van der Waals surface area contributed by atoms with Crippen molar-refractivity contribution in [2.24, 2.45) is 5.92 Å². The summed E-state index contributed by atoms with van der Waals surface area (Å²) < 4.78 is 21.8. The Morgan fingerprint density at radius 2 is 1.68 bits per heavy atom. The fourth-order valence-corrected chi connectivity index (χ4v) is 3.24. The molecule has 1 amide bonds. The lowest BCUT2D eigenvalue weighted by Crippen LogP contribution is -2.44. The molecule has 0 bridgehead atoms. The molecule has 0 aliphatic heterocycles. The van der Waals surface area contributed by atoms with Crippen molar-refractivity contribution in [3.8, 4) is 17.2 Å². The van der Waals surface area contributed by atoms with E-state index in [9.17, 15) is 14.4 Å². The number of halogens is 1. The van der Waals surface area contributed by atoms with Crippen LogP contribution < -0.4 is 19.5 Å². The van der Waals surface area contributed by atoms with Gasteiger partial charge in [-0.05, 0) is 44.0 Å². The first-order valence-corrected chi connectivity index (χ1v) is 11.1. The first kappa shape index (κ1) is 26.9. The maximum Gasteiger partial charge on any atom is 0.328 e. The molecule has 1 aromatic heterocycles. The third kappa shape index (κ3) is 7.34. The van der Waals surface area contributed by atoms with Crippen LogP contribution in [0, 0.1) is 5.92 Å². The number of carbonyl (C=O) groups is 3. The number of hydrogen-bond donors (Lipinski definition) is 1. The second-order valence-corrected chi connectivity index (χ2v) is 8.34. The zero-order chi connectivity index (χ0) is 25.4. The summed E-state index contributed by atoms with van der Waals surface area (Å²) in [6.45, 7) is 8.27. The van der Waals surface area contributed by atoms with Crippen LogP contribution in [-0.4, -0.2) is 48.2 Å². The van der Waals surface area contributed by atoms with Crippen LogP contribution in [0.3, 0.4) is 0 Å². The molecule has 3 atom stereocenters. The second kappa shape index (κ2) is 12.2. The Bertz CT molecular complexity index is 1010. The van der Waals surface area contributed by atoms with Gasteiger partial charge in [0.2, 0.25) is 5.75 Å². The second-order valence-electron chi connectivity index (χ2n) is 7.90. The number of esters is 2. The van der Waals surface area contributed by atoms with E-state index in [4.69, 9.17) is 30.5 Å². The summed E-state index contributed by atoms with van der Waals surface area (Å²) in [5.41, 5.74) is -0.201. The fourth-order valence-electron chi connectivity index (χ4n) is 3.12. The van der Waals surface area contributed by atoms with E-state index in [-0.39, 0.29) is 23.1 Å². The van der Waals surface area contributed by atoms with Crippen molar-refractivity contribution < 1.29 is 33.3 Å².